The highest BCUT2D eigenvalue weighted by atomic mass is 32.1. The van der Waals surface area contributed by atoms with Crippen molar-refractivity contribution in [2.24, 2.45) is 4.99 Å². The van der Waals surface area contributed by atoms with E-state index in [0.29, 0.717) is 23.6 Å². The molecular weight excluding hydrogens is 404 g/mol. The molecule has 0 spiro atoms. The van der Waals surface area contributed by atoms with Crippen LogP contribution < -0.4 is 16.0 Å². The van der Waals surface area contributed by atoms with Gasteiger partial charge >= 0.3 is 0 Å². The third-order valence-corrected chi connectivity index (χ3v) is 4.64. The van der Waals surface area contributed by atoms with Crippen LogP contribution in [-0.2, 0) is 6.42 Å². The van der Waals surface area contributed by atoms with Gasteiger partial charge in [-0.15, -0.1) is 0 Å². The topological polar surface area (TPSA) is 74.2 Å². The normalized spacial score (nSPS) is 11.2. The lowest BCUT2D eigenvalue weighted by atomic mass is 10.1. The van der Waals surface area contributed by atoms with E-state index in [4.69, 9.17) is 12.2 Å². The van der Waals surface area contributed by atoms with Crippen LogP contribution in [0.2, 0.25) is 0 Å². The van der Waals surface area contributed by atoms with Crippen LogP contribution in [-0.4, -0.2) is 27.6 Å². The maximum Gasteiger partial charge on any atom is 0.229 e. The molecule has 0 unspecified atom stereocenters. The molecule has 0 amide bonds. The number of guanidine groups is 1. The molecule has 1 heterocycles. The van der Waals surface area contributed by atoms with Crippen LogP contribution in [0.25, 0.3) is 0 Å². The summed E-state index contributed by atoms with van der Waals surface area (Å²) in [6, 6.07) is 18.4. The van der Waals surface area contributed by atoms with Gasteiger partial charge in [-0.25, -0.2) is 9.97 Å². The molecule has 0 fully saturated rings. The van der Waals surface area contributed by atoms with Crippen molar-refractivity contribution in [2.75, 3.05) is 17.2 Å². The predicted octanol–water partition coefficient (Wildman–Crippen LogP) is 4.71. The van der Waals surface area contributed by atoms with E-state index in [0.717, 1.165) is 23.5 Å². The average molecular weight is 433 g/mol. The first-order chi connectivity index (χ1) is 14.9. The molecule has 0 saturated carbocycles. The number of anilines is 2. The van der Waals surface area contributed by atoms with Crippen molar-refractivity contribution in [2.45, 2.75) is 34.1 Å². The summed E-state index contributed by atoms with van der Waals surface area (Å²) in [6.07, 6.45) is 0.818. The van der Waals surface area contributed by atoms with Gasteiger partial charge in [-0.1, -0.05) is 36.4 Å². The van der Waals surface area contributed by atoms with Gasteiger partial charge in [0.15, 0.2) is 5.11 Å². The number of thiocarbonyl (C=S) groups is 1. The van der Waals surface area contributed by atoms with Crippen molar-refractivity contribution >= 4 is 34.9 Å². The number of nitrogens with zero attached hydrogens (tertiary/aromatic N) is 3. The summed E-state index contributed by atoms with van der Waals surface area (Å²) in [7, 11) is 0. The summed E-state index contributed by atoms with van der Waals surface area (Å²) in [5.41, 5.74) is 6.27. The molecule has 0 bridgehead atoms. The molecule has 0 saturated heterocycles. The van der Waals surface area contributed by atoms with E-state index in [1.54, 1.807) is 0 Å². The largest absolute Gasteiger partial charge is 0.332 e. The highest BCUT2D eigenvalue weighted by Crippen LogP contribution is 2.13. The summed E-state index contributed by atoms with van der Waals surface area (Å²) in [5.74, 6) is 0.987. The second-order valence-corrected chi connectivity index (χ2v) is 7.93. The van der Waals surface area contributed by atoms with Crippen molar-refractivity contribution in [3.63, 3.8) is 0 Å². The van der Waals surface area contributed by atoms with Crippen molar-refractivity contribution < 1.29 is 0 Å². The summed E-state index contributed by atoms with van der Waals surface area (Å²) >= 11 is 5.53. The number of rotatable bonds is 5. The second-order valence-electron chi connectivity index (χ2n) is 7.52. The van der Waals surface area contributed by atoms with Crippen LogP contribution >= 0.6 is 12.2 Å². The molecule has 0 aliphatic carbocycles. The molecule has 31 heavy (non-hydrogen) atoms. The van der Waals surface area contributed by atoms with Crippen molar-refractivity contribution in [1.82, 2.24) is 15.3 Å². The SMILES string of the molecule is Cc1cc(C)cc(NC(=S)NC(=NCCc2ccccc2)Nc2nc(C)cc(C)n2)c1. The Balaban J connectivity index is 1.73. The van der Waals surface area contributed by atoms with Gasteiger partial charge < -0.3 is 10.6 Å². The lowest BCUT2D eigenvalue weighted by molar-refractivity contribution is 0.956. The van der Waals surface area contributed by atoms with Crippen LogP contribution in [0.1, 0.15) is 28.1 Å². The highest BCUT2D eigenvalue weighted by Gasteiger charge is 2.08. The maximum atomic E-state index is 5.53. The Hall–Kier alpha value is -3.32. The van der Waals surface area contributed by atoms with E-state index in [1.165, 1.54) is 16.7 Å². The van der Waals surface area contributed by atoms with E-state index >= 15 is 0 Å². The Morgan fingerprint density at radius 2 is 1.52 bits per heavy atom. The monoisotopic (exact) mass is 432 g/mol. The molecule has 0 aliphatic rings. The zero-order chi connectivity index (χ0) is 22.2. The predicted molar refractivity (Wildman–Crippen MR) is 133 cm³/mol. The minimum atomic E-state index is 0.445. The zero-order valence-electron chi connectivity index (χ0n) is 18.4. The number of nitrogens with one attached hydrogen (secondary N) is 3. The van der Waals surface area contributed by atoms with E-state index in [2.05, 4.69) is 63.0 Å². The van der Waals surface area contributed by atoms with E-state index < -0.39 is 0 Å². The fourth-order valence-corrected chi connectivity index (χ4v) is 3.47. The maximum absolute atomic E-state index is 5.53. The Bertz CT molecular complexity index is 1040. The van der Waals surface area contributed by atoms with Crippen LogP contribution in [0.5, 0.6) is 0 Å². The van der Waals surface area contributed by atoms with Gasteiger partial charge in [0.1, 0.15) is 0 Å². The van der Waals surface area contributed by atoms with Gasteiger partial charge in [-0.2, -0.15) is 0 Å². The van der Waals surface area contributed by atoms with Crippen LogP contribution in [0.4, 0.5) is 11.6 Å². The Morgan fingerprint density at radius 3 is 2.16 bits per heavy atom. The molecule has 3 rings (SSSR count). The number of aliphatic imine (C=N–C) groups is 1. The molecule has 3 aromatic rings. The Morgan fingerprint density at radius 1 is 0.871 bits per heavy atom. The average Bonchev–Trinajstić information content (AvgIpc) is 2.67. The molecule has 3 N–H and O–H groups in total. The van der Waals surface area contributed by atoms with Crippen LogP contribution in [0.3, 0.4) is 0 Å². The Labute approximate surface area is 189 Å². The lowest BCUT2D eigenvalue weighted by Crippen LogP contribution is -2.39. The smallest absolute Gasteiger partial charge is 0.229 e. The van der Waals surface area contributed by atoms with Crippen molar-refractivity contribution in [3.8, 4) is 0 Å². The van der Waals surface area contributed by atoms with Gasteiger partial charge in [0.2, 0.25) is 11.9 Å². The first-order valence-electron chi connectivity index (χ1n) is 10.2. The first kappa shape index (κ1) is 22.4. The molecular formula is C24H28N6S. The summed E-state index contributed by atoms with van der Waals surface area (Å²) in [6.45, 7) is 8.59. The molecule has 0 radical (unpaired) electrons. The minimum Gasteiger partial charge on any atom is -0.332 e. The van der Waals surface area contributed by atoms with E-state index in [-0.39, 0.29) is 0 Å². The Kier molecular flexibility index (Phi) is 7.67. The molecule has 6 nitrogen and oxygen atoms in total. The standard InChI is InChI=1S/C24H28N6S/c1-16-12-17(2)14-21(13-16)28-24(31)30-22(25-11-10-20-8-6-5-7-9-20)29-23-26-18(3)15-19(4)27-23/h5-9,12-15H,10-11H2,1-4H3,(H3,25,26,27,28,29,30,31). The molecule has 0 atom stereocenters. The quantitative estimate of drug-likeness (QED) is 0.308. The summed E-state index contributed by atoms with van der Waals surface area (Å²) < 4.78 is 0. The third-order valence-electron chi connectivity index (χ3n) is 4.44. The first-order valence-corrected chi connectivity index (χ1v) is 10.6. The zero-order valence-corrected chi connectivity index (χ0v) is 19.2. The van der Waals surface area contributed by atoms with Gasteiger partial charge in [0.05, 0.1) is 0 Å². The minimum absolute atomic E-state index is 0.445. The number of aromatic nitrogens is 2. The molecule has 2 aromatic carbocycles. The molecule has 7 heteroatoms. The van der Waals surface area contributed by atoms with Gasteiger partial charge in [-0.05, 0) is 81.2 Å². The number of aryl methyl sites for hydroxylation is 4. The number of hydrogen-bond acceptors (Lipinski definition) is 4. The summed E-state index contributed by atoms with van der Waals surface area (Å²) in [4.78, 5) is 13.6. The number of benzene rings is 2. The molecule has 1 aromatic heterocycles. The lowest BCUT2D eigenvalue weighted by Gasteiger charge is -2.15. The second kappa shape index (κ2) is 10.6. The van der Waals surface area contributed by atoms with Crippen molar-refractivity contribution in [3.05, 3.63) is 82.7 Å². The van der Waals surface area contributed by atoms with E-state index in [1.807, 2.05) is 50.2 Å². The van der Waals surface area contributed by atoms with Crippen molar-refractivity contribution in [1.29, 1.82) is 0 Å². The van der Waals surface area contributed by atoms with Gasteiger partial charge in [0, 0.05) is 23.6 Å². The molecule has 0 aliphatic heterocycles. The summed E-state index contributed by atoms with van der Waals surface area (Å²) in [5, 5.41) is 10.0. The van der Waals surface area contributed by atoms with Crippen LogP contribution in [0.15, 0.2) is 59.6 Å². The fourth-order valence-electron chi connectivity index (χ4n) is 3.26. The van der Waals surface area contributed by atoms with Gasteiger partial charge in [0.25, 0.3) is 0 Å². The highest BCUT2D eigenvalue weighted by molar-refractivity contribution is 7.80. The van der Waals surface area contributed by atoms with Gasteiger partial charge in [-0.3, -0.25) is 10.3 Å². The molecule has 160 valence electrons. The fraction of sp³-hybridized carbons (Fsp3) is 0.250. The van der Waals surface area contributed by atoms with Crippen LogP contribution in [0, 0.1) is 27.7 Å². The number of hydrogen-bond donors (Lipinski definition) is 3. The third kappa shape index (κ3) is 7.46. The van der Waals surface area contributed by atoms with E-state index in [9.17, 15) is 0 Å².